The van der Waals surface area contributed by atoms with Crippen LogP contribution < -0.4 is 0 Å². The number of benzene rings is 1. The number of halogens is 1. The average Bonchev–Trinajstić information content (AvgIpc) is 2.37. The fourth-order valence-corrected chi connectivity index (χ4v) is 2.87. The summed E-state index contributed by atoms with van der Waals surface area (Å²) in [4.78, 5) is 27.7. The van der Waals surface area contributed by atoms with Crippen LogP contribution in [-0.4, -0.2) is 22.6 Å². The predicted molar refractivity (Wildman–Crippen MR) is 76.8 cm³/mol. The van der Waals surface area contributed by atoms with Gasteiger partial charge in [-0.1, -0.05) is 12.1 Å². The molecule has 5 heteroatoms. The molecule has 1 aromatic rings. The van der Waals surface area contributed by atoms with Gasteiger partial charge in [0.25, 0.3) is 0 Å². The highest BCUT2D eigenvalue weighted by Gasteiger charge is 2.39. The van der Waals surface area contributed by atoms with Crippen LogP contribution in [0.2, 0.25) is 0 Å². The average molecular weight is 289 g/mol. The summed E-state index contributed by atoms with van der Waals surface area (Å²) in [5.74, 6) is -2.94. The predicted octanol–water partition coefficient (Wildman–Crippen LogP) is 2.95. The van der Waals surface area contributed by atoms with Crippen LogP contribution in [0.25, 0.3) is 0 Å². The lowest BCUT2D eigenvalue weighted by Gasteiger charge is -2.30. The summed E-state index contributed by atoms with van der Waals surface area (Å²) in [7, 11) is 0. The molecule has 1 unspecified atom stereocenters. The molecule has 0 aliphatic carbocycles. The van der Waals surface area contributed by atoms with Crippen molar-refractivity contribution in [1.82, 2.24) is 0 Å². The van der Waals surface area contributed by atoms with Gasteiger partial charge in [-0.3, -0.25) is 9.79 Å². The third kappa shape index (κ3) is 2.77. The number of carboxylic acid groups (broad SMARTS) is 1. The van der Waals surface area contributed by atoms with Gasteiger partial charge >= 0.3 is 5.97 Å². The molecule has 1 aromatic carbocycles. The van der Waals surface area contributed by atoms with Crippen LogP contribution >= 0.6 is 0 Å². The third-order valence-electron chi connectivity index (χ3n) is 3.73. The second-order valence-corrected chi connectivity index (χ2v) is 5.17. The van der Waals surface area contributed by atoms with Crippen LogP contribution in [0.1, 0.15) is 32.3 Å². The van der Waals surface area contributed by atoms with E-state index in [0.29, 0.717) is 17.0 Å². The second-order valence-electron chi connectivity index (χ2n) is 5.17. The zero-order valence-electron chi connectivity index (χ0n) is 12.1. The fraction of sp³-hybridized carbons (Fsp3) is 0.312. The van der Waals surface area contributed by atoms with Crippen LogP contribution in [0.5, 0.6) is 0 Å². The van der Waals surface area contributed by atoms with Gasteiger partial charge in [-0.15, -0.1) is 0 Å². The van der Waals surface area contributed by atoms with E-state index in [0.717, 1.165) is 0 Å². The maximum atomic E-state index is 13.1. The zero-order chi connectivity index (χ0) is 15.7. The molecule has 21 heavy (non-hydrogen) atoms. The number of nitrogens with zero attached hydrogens (tertiary/aromatic N) is 1. The number of hydrogen-bond acceptors (Lipinski definition) is 3. The van der Waals surface area contributed by atoms with Crippen LogP contribution in [0, 0.1) is 11.7 Å². The molecule has 1 heterocycles. The first-order valence-corrected chi connectivity index (χ1v) is 6.58. The highest BCUT2D eigenvalue weighted by Crippen LogP contribution is 2.39. The molecule has 1 N–H and O–H groups in total. The molecule has 1 aliphatic rings. The smallest absolute Gasteiger partial charge is 0.334 e. The van der Waals surface area contributed by atoms with Gasteiger partial charge in [0.15, 0.2) is 0 Å². The number of carbonyl (C=O) groups excluding carboxylic acids is 1. The summed E-state index contributed by atoms with van der Waals surface area (Å²) in [6.07, 6.45) is 0. The number of carbonyl (C=O) groups is 2. The number of allylic oxidation sites excluding steroid dienone is 1. The molecule has 4 nitrogen and oxygen atoms in total. The first kappa shape index (κ1) is 15.1. The van der Waals surface area contributed by atoms with E-state index in [1.165, 1.54) is 31.2 Å². The Morgan fingerprint density at radius 1 is 1.19 bits per heavy atom. The van der Waals surface area contributed by atoms with Crippen LogP contribution in [0.15, 0.2) is 40.5 Å². The van der Waals surface area contributed by atoms with Crippen molar-refractivity contribution < 1.29 is 19.1 Å². The van der Waals surface area contributed by atoms with E-state index in [-0.39, 0.29) is 11.4 Å². The van der Waals surface area contributed by atoms with Gasteiger partial charge < -0.3 is 5.11 Å². The minimum atomic E-state index is -1.11. The fourth-order valence-electron chi connectivity index (χ4n) is 2.87. The Hall–Kier alpha value is -2.30. The SMILES string of the molecule is CC(=O)C1C(C)=NC(C)=C(C(=O)O)[C@@H]1c1ccc(F)cc1. The molecule has 0 bridgehead atoms. The Morgan fingerprint density at radius 3 is 2.24 bits per heavy atom. The number of ketones is 1. The summed E-state index contributed by atoms with van der Waals surface area (Å²) in [6.45, 7) is 4.74. The van der Waals surface area contributed by atoms with E-state index >= 15 is 0 Å². The largest absolute Gasteiger partial charge is 0.478 e. The molecule has 2 rings (SSSR count). The van der Waals surface area contributed by atoms with E-state index in [1.54, 1.807) is 13.8 Å². The Bertz CT molecular complexity index is 659. The Balaban J connectivity index is 2.65. The van der Waals surface area contributed by atoms with Crippen molar-refractivity contribution in [3.8, 4) is 0 Å². The van der Waals surface area contributed by atoms with E-state index in [9.17, 15) is 19.1 Å². The van der Waals surface area contributed by atoms with Gasteiger partial charge in [0.1, 0.15) is 11.6 Å². The van der Waals surface area contributed by atoms with E-state index in [1.807, 2.05) is 0 Å². The molecule has 0 saturated heterocycles. The lowest BCUT2D eigenvalue weighted by Crippen LogP contribution is -2.33. The number of carboxylic acids is 1. The van der Waals surface area contributed by atoms with Gasteiger partial charge in [-0.2, -0.15) is 0 Å². The minimum absolute atomic E-state index is 0.0902. The Kier molecular flexibility index (Phi) is 4.02. The molecule has 2 atom stereocenters. The standard InChI is InChI=1S/C16H16FNO3/c1-8-13(10(3)19)15(11-4-6-12(17)7-5-11)14(16(20)21)9(2)18-8/h4-7,13,15H,1-3H3,(H,20,21)/t13?,15-/m1/s1. The monoisotopic (exact) mass is 289 g/mol. The molecule has 0 amide bonds. The second kappa shape index (κ2) is 5.60. The van der Waals surface area contributed by atoms with E-state index in [2.05, 4.69) is 4.99 Å². The van der Waals surface area contributed by atoms with Gasteiger partial charge in [-0.25, -0.2) is 9.18 Å². The third-order valence-corrected chi connectivity index (χ3v) is 3.73. The number of rotatable bonds is 3. The maximum absolute atomic E-state index is 13.1. The van der Waals surface area contributed by atoms with Crippen molar-refractivity contribution in [1.29, 1.82) is 0 Å². The summed E-state index contributed by atoms with van der Waals surface area (Å²) in [5.41, 5.74) is 1.65. The number of aliphatic imine (C=N–C) groups is 1. The minimum Gasteiger partial charge on any atom is -0.478 e. The molecular weight excluding hydrogens is 273 g/mol. The summed E-state index contributed by atoms with van der Waals surface area (Å²) < 4.78 is 13.1. The Labute approximate surface area is 122 Å². The summed E-state index contributed by atoms with van der Waals surface area (Å²) in [5, 5.41) is 9.47. The van der Waals surface area contributed by atoms with Crippen LogP contribution in [0.3, 0.4) is 0 Å². The van der Waals surface area contributed by atoms with Gasteiger partial charge in [0.2, 0.25) is 0 Å². The van der Waals surface area contributed by atoms with E-state index in [4.69, 9.17) is 0 Å². The number of Topliss-reactive ketones (excluding diaryl/α,β-unsaturated/α-hetero) is 1. The quantitative estimate of drug-likeness (QED) is 0.930. The first-order chi connectivity index (χ1) is 9.82. The molecule has 0 fully saturated rings. The van der Waals surface area contributed by atoms with Crippen molar-refractivity contribution in [2.24, 2.45) is 10.9 Å². The molecular formula is C16H16FNO3. The normalized spacial score (nSPS) is 22.0. The van der Waals surface area contributed by atoms with Crippen molar-refractivity contribution >= 4 is 17.5 Å². The molecule has 0 saturated carbocycles. The van der Waals surface area contributed by atoms with Crippen LogP contribution in [-0.2, 0) is 9.59 Å². The van der Waals surface area contributed by atoms with Crippen molar-refractivity contribution in [2.45, 2.75) is 26.7 Å². The van der Waals surface area contributed by atoms with Crippen molar-refractivity contribution in [3.05, 3.63) is 46.9 Å². The highest BCUT2D eigenvalue weighted by molar-refractivity contribution is 6.08. The van der Waals surface area contributed by atoms with Gasteiger partial charge in [0.05, 0.1) is 11.5 Å². The topological polar surface area (TPSA) is 66.7 Å². The first-order valence-electron chi connectivity index (χ1n) is 6.58. The summed E-state index contributed by atoms with van der Waals surface area (Å²) >= 11 is 0. The number of aliphatic carboxylic acids is 1. The zero-order valence-corrected chi connectivity index (χ0v) is 12.1. The van der Waals surface area contributed by atoms with E-state index < -0.39 is 23.6 Å². The van der Waals surface area contributed by atoms with Crippen LogP contribution in [0.4, 0.5) is 4.39 Å². The molecule has 110 valence electrons. The lowest BCUT2D eigenvalue weighted by molar-refractivity contribution is -0.133. The van der Waals surface area contributed by atoms with Gasteiger partial charge in [0, 0.05) is 17.3 Å². The number of hydrogen-bond donors (Lipinski definition) is 1. The lowest BCUT2D eigenvalue weighted by atomic mass is 9.74. The molecule has 0 radical (unpaired) electrons. The molecule has 1 aliphatic heterocycles. The van der Waals surface area contributed by atoms with Crippen molar-refractivity contribution in [2.75, 3.05) is 0 Å². The Morgan fingerprint density at radius 2 is 1.76 bits per heavy atom. The summed E-state index contributed by atoms with van der Waals surface area (Å²) in [6, 6.07) is 5.57. The molecule has 0 spiro atoms. The highest BCUT2D eigenvalue weighted by atomic mass is 19.1. The molecule has 0 aromatic heterocycles. The van der Waals surface area contributed by atoms with Gasteiger partial charge in [-0.05, 0) is 38.5 Å². The van der Waals surface area contributed by atoms with Crippen molar-refractivity contribution in [3.63, 3.8) is 0 Å². The maximum Gasteiger partial charge on any atom is 0.334 e.